The molecule has 1 N–H and O–H groups in total. The maximum Gasteiger partial charge on any atom is 0.407 e. The molecule has 1 heterocycles. The van der Waals surface area contributed by atoms with Crippen molar-refractivity contribution in [2.24, 2.45) is 0 Å². The molecule has 0 saturated heterocycles. The lowest BCUT2D eigenvalue weighted by atomic mass is 10.1. The molecule has 0 aromatic heterocycles. The van der Waals surface area contributed by atoms with E-state index in [9.17, 15) is 13.2 Å². The highest BCUT2D eigenvalue weighted by molar-refractivity contribution is 7.94. The van der Waals surface area contributed by atoms with Gasteiger partial charge in [0.05, 0.1) is 18.4 Å². The Labute approximate surface area is 128 Å². The van der Waals surface area contributed by atoms with Crippen LogP contribution in [0.2, 0.25) is 0 Å². The monoisotopic (exact) mass is 317 g/mol. The Morgan fingerprint density at radius 3 is 2.33 bits per heavy atom. The van der Waals surface area contributed by atoms with E-state index < -0.39 is 22.0 Å². The molecule has 1 aliphatic heterocycles. The molecule has 5 nitrogen and oxygen atoms in total. The van der Waals surface area contributed by atoms with Gasteiger partial charge in [-0.1, -0.05) is 51.9 Å². The summed E-state index contributed by atoms with van der Waals surface area (Å²) in [6.45, 7) is 2.60. The van der Waals surface area contributed by atoms with E-state index in [0.29, 0.717) is 6.61 Å². The van der Waals surface area contributed by atoms with Crippen molar-refractivity contribution in [1.29, 1.82) is 0 Å². The van der Waals surface area contributed by atoms with Crippen LogP contribution in [0.1, 0.15) is 58.3 Å². The van der Waals surface area contributed by atoms with Gasteiger partial charge in [0.1, 0.15) is 0 Å². The Bertz CT molecular complexity index is 431. The molecule has 1 atom stereocenters. The van der Waals surface area contributed by atoms with Crippen LogP contribution >= 0.6 is 0 Å². The number of hydrogen-bond acceptors (Lipinski definition) is 4. The van der Waals surface area contributed by atoms with E-state index in [1.165, 1.54) is 44.6 Å². The molecule has 0 spiro atoms. The molecule has 0 aromatic rings. The Morgan fingerprint density at radius 1 is 1.14 bits per heavy atom. The number of sulfone groups is 1. The first-order chi connectivity index (χ1) is 10.0. The average Bonchev–Trinajstić information content (AvgIpc) is 2.76. The van der Waals surface area contributed by atoms with E-state index in [-0.39, 0.29) is 5.75 Å². The number of carbonyl (C=O) groups excluding carboxylic acids is 1. The summed E-state index contributed by atoms with van der Waals surface area (Å²) in [6.07, 6.45) is 10.5. The smallest absolute Gasteiger partial charge is 0.407 e. The summed E-state index contributed by atoms with van der Waals surface area (Å²) >= 11 is 0. The molecule has 21 heavy (non-hydrogen) atoms. The van der Waals surface area contributed by atoms with E-state index in [0.717, 1.165) is 18.2 Å². The van der Waals surface area contributed by atoms with Crippen LogP contribution in [-0.2, 0) is 14.6 Å². The second kappa shape index (κ2) is 9.82. The van der Waals surface area contributed by atoms with Gasteiger partial charge in [0.2, 0.25) is 0 Å². The number of carbonyl (C=O) groups is 1. The second-order valence-electron chi connectivity index (χ2n) is 5.52. The van der Waals surface area contributed by atoms with Crippen LogP contribution < -0.4 is 5.32 Å². The van der Waals surface area contributed by atoms with Gasteiger partial charge >= 0.3 is 6.09 Å². The highest BCUT2D eigenvalue weighted by Crippen LogP contribution is 2.09. The van der Waals surface area contributed by atoms with Gasteiger partial charge < -0.3 is 10.1 Å². The van der Waals surface area contributed by atoms with Crippen LogP contribution in [0.4, 0.5) is 4.79 Å². The molecule has 0 bridgehead atoms. The zero-order valence-corrected chi connectivity index (χ0v) is 13.7. The normalized spacial score (nSPS) is 19.6. The van der Waals surface area contributed by atoms with Crippen LogP contribution in [-0.4, -0.2) is 32.9 Å². The maximum absolute atomic E-state index is 11.5. The van der Waals surface area contributed by atoms with E-state index in [1.807, 2.05) is 0 Å². The number of ether oxygens (including phenoxy) is 1. The first kappa shape index (κ1) is 18.0. The standard InChI is InChI=1S/C15H27NO4S/c1-2-3-4-5-6-7-8-9-11-20-15(17)16-14-10-12-21(18,19)13-14/h10,12,14H,2-9,11,13H2,1H3,(H,16,17). The van der Waals surface area contributed by atoms with Gasteiger partial charge in [-0.25, -0.2) is 13.2 Å². The topological polar surface area (TPSA) is 72.5 Å². The molecular formula is C15H27NO4S. The summed E-state index contributed by atoms with van der Waals surface area (Å²) in [5, 5.41) is 3.67. The van der Waals surface area contributed by atoms with Crippen LogP contribution in [0.3, 0.4) is 0 Å². The number of amides is 1. The molecule has 0 fully saturated rings. The first-order valence-electron chi connectivity index (χ1n) is 7.88. The zero-order chi connectivity index (χ0) is 15.6. The van der Waals surface area contributed by atoms with Crippen molar-refractivity contribution in [1.82, 2.24) is 5.32 Å². The lowest BCUT2D eigenvalue weighted by Gasteiger charge is -2.10. The van der Waals surface area contributed by atoms with E-state index in [1.54, 1.807) is 0 Å². The van der Waals surface area contributed by atoms with Gasteiger partial charge in [-0.2, -0.15) is 0 Å². The molecule has 1 amide bonds. The van der Waals surface area contributed by atoms with Gasteiger partial charge in [-0.05, 0) is 12.5 Å². The SMILES string of the molecule is CCCCCCCCCCOC(=O)NC1C=CS(=O)(=O)C1. The van der Waals surface area contributed by atoms with Gasteiger partial charge in [0.15, 0.2) is 9.84 Å². The second-order valence-corrected chi connectivity index (χ2v) is 7.45. The minimum atomic E-state index is -3.13. The van der Waals surface area contributed by atoms with Crippen molar-refractivity contribution in [2.75, 3.05) is 12.4 Å². The third-order valence-electron chi connectivity index (χ3n) is 3.46. The minimum absolute atomic E-state index is 0.0696. The Balaban J connectivity index is 1.94. The number of hydrogen-bond donors (Lipinski definition) is 1. The highest BCUT2D eigenvalue weighted by atomic mass is 32.2. The quantitative estimate of drug-likeness (QED) is 0.628. The van der Waals surface area contributed by atoms with Crippen LogP contribution in [0.15, 0.2) is 11.5 Å². The highest BCUT2D eigenvalue weighted by Gasteiger charge is 2.23. The molecular weight excluding hydrogens is 290 g/mol. The lowest BCUT2D eigenvalue weighted by molar-refractivity contribution is 0.142. The van der Waals surface area contributed by atoms with E-state index in [4.69, 9.17) is 4.74 Å². The van der Waals surface area contributed by atoms with Crippen molar-refractivity contribution in [3.05, 3.63) is 11.5 Å². The third-order valence-corrected chi connectivity index (χ3v) is 4.86. The molecule has 6 heteroatoms. The van der Waals surface area contributed by atoms with Gasteiger partial charge in [0, 0.05) is 5.41 Å². The number of nitrogens with one attached hydrogen (secondary N) is 1. The van der Waals surface area contributed by atoms with Crippen LogP contribution in [0.25, 0.3) is 0 Å². The fraction of sp³-hybridized carbons (Fsp3) is 0.800. The predicted molar refractivity (Wildman–Crippen MR) is 83.8 cm³/mol. The first-order valence-corrected chi connectivity index (χ1v) is 9.59. The summed E-state index contributed by atoms with van der Waals surface area (Å²) in [5.74, 6) is -0.0696. The van der Waals surface area contributed by atoms with Crippen LogP contribution in [0.5, 0.6) is 0 Å². The average molecular weight is 317 g/mol. The van der Waals surface area contributed by atoms with E-state index >= 15 is 0 Å². The minimum Gasteiger partial charge on any atom is -0.450 e. The lowest BCUT2D eigenvalue weighted by Crippen LogP contribution is -2.36. The van der Waals surface area contributed by atoms with Crippen molar-refractivity contribution in [3.63, 3.8) is 0 Å². The summed E-state index contributed by atoms with van der Waals surface area (Å²) in [4.78, 5) is 11.5. The molecule has 122 valence electrons. The number of rotatable bonds is 10. The summed E-state index contributed by atoms with van der Waals surface area (Å²) < 4.78 is 27.4. The summed E-state index contributed by atoms with van der Waals surface area (Å²) in [6, 6.07) is -0.457. The van der Waals surface area contributed by atoms with Crippen molar-refractivity contribution in [3.8, 4) is 0 Å². The van der Waals surface area contributed by atoms with Crippen molar-refractivity contribution in [2.45, 2.75) is 64.3 Å². The third kappa shape index (κ3) is 8.75. The number of alkyl carbamates (subject to hydrolysis) is 1. The Hall–Kier alpha value is -1.04. The number of unbranched alkanes of at least 4 members (excludes halogenated alkanes) is 7. The fourth-order valence-corrected chi connectivity index (χ4v) is 3.49. The summed E-state index contributed by atoms with van der Waals surface area (Å²) in [7, 11) is -3.13. The molecule has 1 aliphatic rings. The van der Waals surface area contributed by atoms with Crippen molar-refractivity contribution < 1.29 is 17.9 Å². The van der Waals surface area contributed by atoms with Gasteiger partial charge in [-0.15, -0.1) is 0 Å². The zero-order valence-electron chi connectivity index (χ0n) is 12.8. The maximum atomic E-state index is 11.5. The van der Waals surface area contributed by atoms with Gasteiger partial charge in [0.25, 0.3) is 0 Å². The molecule has 0 aromatic carbocycles. The molecule has 1 unspecified atom stereocenters. The molecule has 0 aliphatic carbocycles. The van der Waals surface area contributed by atoms with Gasteiger partial charge in [-0.3, -0.25) is 0 Å². The van der Waals surface area contributed by atoms with E-state index in [2.05, 4.69) is 12.2 Å². The predicted octanol–water partition coefficient (Wildman–Crippen LogP) is 3.16. The molecule has 1 rings (SSSR count). The fourth-order valence-electron chi connectivity index (χ4n) is 2.26. The van der Waals surface area contributed by atoms with Crippen LogP contribution in [0, 0.1) is 0 Å². The Kier molecular flexibility index (Phi) is 8.42. The molecule has 0 radical (unpaired) electrons. The molecule has 0 saturated carbocycles. The largest absolute Gasteiger partial charge is 0.450 e. The van der Waals surface area contributed by atoms with Crippen molar-refractivity contribution >= 4 is 15.9 Å². The summed E-state index contributed by atoms with van der Waals surface area (Å²) in [5.41, 5.74) is 0. The Morgan fingerprint density at radius 2 is 1.76 bits per heavy atom.